The van der Waals surface area contributed by atoms with Crippen molar-refractivity contribution in [3.63, 3.8) is 0 Å². The molecule has 26 heavy (non-hydrogen) atoms. The molecule has 0 spiro atoms. The molecule has 2 atom stereocenters. The van der Waals surface area contributed by atoms with Gasteiger partial charge in [-0.3, -0.25) is 9.10 Å². The molecule has 0 aromatic heterocycles. The fourth-order valence-electron chi connectivity index (χ4n) is 2.70. The normalized spacial score (nSPS) is 13.7. The molecule has 0 unspecified atom stereocenters. The lowest BCUT2D eigenvalue weighted by molar-refractivity contribution is -0.121. The second-order valence-corrected chi connectivity index (χ2v) is 8.56. The molecule has 2 rings (SSSR count). The van der Waals surface area contributed by atoms with Crippen LogP contribution < -0.4 is 9.62 Å². The summed E-state index contributed by atoms with van der Waals surface area (Å²) in [6, 6.07) is 15.3. The fraction of sp³-hybridized carbons (Fsp3) is 0.316. The highest BCUT2D eigenvalue weighted by Crippen LogP contribution is 2.23. The van der Waals surface area contributed by atoms with E-state index in [2.05, 4.69) is 5.32 Å². The topological polar surface area (TPSA) is 66.5 Å². The molecule has 140 valence electrons. The maximum atomic E-state index is 12.6. The van der Waals surface area contributed by atoms with Crippen LogP contribution in [0.2, 0.25) is 5.02 Å². The van der Waals surface area contributed by atoms with Gasteiger partial charge < -0.3 is 5.32 Å². The molecule has 0 fully saturated rings. The van der Waals surface area contributed by atoms with Gasteiger partial charge in [-0.1, -0.05) is 48.9 Å². The van der Waals surface area contributed by atoms with E-state index in [-0.39, 0.29) is 11.8 Å². The second-order valence-electron chi connectivity index (χ2n) is 6.27. The Bertz CT molecular complexity index is 839. The molecule has 0 aliphatic carbocycles. The van der Waals surface area contributed by atoms with E-state index in [0.717, 1.165) is 16.1 Å². The van der Waals surface area contributed by atoms with Crippen molar-refractivity contribution in [3.8, 4) is 0 Å². The summed E-state index contributed by atoms with van der Waals surface area (Å²) < 4.78 is 25.6. The molecular formula is C19H23ClN2O3S. The zero-order valence-electron chi connectivity index (χ0n) is 15.0. The van der Waals surface area contributed by atoms with Gasteiger partial charge in [0.05, 0.1) is 11.9 Å². The quantitative estimate of drug-likeness (QED) is 0.782. The molecule has 1 N–H and O–H groups in total. The monoisotopic (exact) mass is 394 g/mol. The lowest BCUT2D eigenvalue weighted by Gasteiger charge is -2.28. The molecule has 2 aromatic rings. The minimum absolute atomic E-state index is 0.120. The number of anilines is 1. The van der Waals surface area contributed by atoms with Gasteiger partial charge in [-0.25, -0.2) is 8.42 Å². The number of carbonyl (C=O) groups excluding carboxylic acids is 1. The van der Waals surface area contributed by atoms with E-state index < -0.39 is 16.1 Å². The number of amides is 1. The Balaban J connectivity index is 2.11. The van der Waals surface area contributed by atoms with Crippen molar-refractivity contribution in [1.29, 1.82) is 0 Å². The first-order valence-electron chi connectivity index (χ1n) is 8.27. The van der Waals surface area contributed by atoms with Crippen LogP contribution in [0.25, 0.3) is 0 Å². The standard InChI is InChI=1S/C19H23ClN2O3S/c1-14(16-7-5-4-6-8-16)13-21-19(23)15(2)22(26(3,24)25)18-11-9-17(20)10-12-18/h4-12,14-15H,13H2,1-3H3,(H,21,23)/t14-,15-/m0/s1. The van der Waals surface area contributed by atoms with Crippen molar-refractivity contribution >= 4 is 33.2 Å². The van der Waals surface area contributed by atoms with Gasteiger partial charge in [0.15, 0.2) is 0 Å². The number of halogens is 1. The third-order valence-electron chi connectivity index (χ3n) is 4.12. The Morgan fingerprint density at radius 3 is 2.19 bits per heavy atom. The van der Waals surface area contributed by atoms with Crippen LogP contribution in [-0.2, 0) is 14.8 Å². The minimum Gasteiger partial charge on any atom is -0.354 e. The number of benzene rings is 2. The highest BCUT2D eigenvalue weighted by atomic mass is 35.5. The summed E-state index contributed by atoms with van der Waals surface area (Å²) in [6.45, 7) is 4.00. The maximum absolute atomic E-state index is 12.6. The van der Waals surface area contributed by atoms with E-state index in [1.807, 2.05) is 37.3 Å². The molecule has 2 aromatic carbocycles. The van der Waals surface area contributed by atoms with Gasteiger partial charge in [-0.2, -0.15) is 0 Å². The van der Waals surface area contributed by atoms with Gasteiger partial charge in [-0.15, -0.1) is 0 Å². The van der Waals surface area contributed by atoms with Crippen LogP contribution in [0, 0.1) is 0 Å². The molecule has 0 bridgehead atoms. The molecule has 0 saturated carbocycles. The molecule has 0 aliphatic heterocycles. The SMILES string of the molecule is C[C@@H](CNC(=O)[C@H](C)N(c1ccc(Cl)cc1)S(C)(=O)=O)c1ccccc1. The minimum atomic E-state index is -3.64. The van der Waals surface area contributed by atoms with Gasteiger partial charge in [0, 0.05) is 11.6 Å². The molecular weight excluding hydrogens is 372 g/mol. The molecule has 0 heterocycles. The molecule has 5 nitrogen and oxygen atoms in total. The Labute approximate surface area is 160 Å². The van der Waals surface area contributed by atoms with Crippen LogP contribution in [0.4, 0.5) is 5.69 Å². The largest absolute Gasteiger partial charge is 0.354 e. The van der Waals surface area contributed by atoms with Crippen molar-refractivity contribution in [2.75, 3.05) is 17.1 Å². The van der Waals surface area contributed by atoms with Crippen LogP contribution >= 0.6 is 11.6 Å². The molecule has 0 saturated heterocycles. The lowest BCUT2D eigenvalue weighted by atomic mass is 10.0. The summed E-state index contributed by atoms with van der Waals surface area (Å²) in [4.78, 5) is 12.6. The summed E-state index contributed by atoms with van der Waals surface area (Å²) in [5.74, 6) is -0.234. The van der Waals surface area contributed by atoms with Crippen LogP contribution in [0.1, 0.15) is 25.3 Å². The lowest BCUT2D eigenvalue weighted by Crippen LogP contribution is -2.48. The number of carbonyl (C=O) groups is 1. The van der Waals surface area contributed by atoms with Crippen LogP contribution in [0.5, 0.6) is 0 Å². The third kappa shape index (κ3) is 5.22. The number of rotatable bonds is 7. The Hall–Kier alpha value is -2.05. The van der Waals surface area contributed by atoms with Crippen LogP contribution in [0.15, 0.2) is 54.6 Å². The van der Waals surface area contributed by atoms with E-state index in [9.17, 15) is 13.2 Å². The van der Waals surface area contributed by atoms with Gasteiger partial charge in [-0.05, 0) is 42.7 Å². The maximum Gasteiger partial charge on any atom is 0.243 e. The smallest absolute Gasteiger partial charge is 0.243 e. The van der Waals surface area contributed by atoms with E-state index >= 15 is 0 Å². The van der Waals surface area contributed by atoms with Crippen molar-refractivity contribution in [2.24, 2.45) is 0 Å². The first-order chi connectivity index (χ1) is 12.2. The van der Waals surface area contributed by atoms with E-state index in [1.165, 1.54) is 0 Å². The first kappa shape index (κ1) is 20.3. The summed E-state index contributed by atoms with van der Waals surface area (Å²) in [5.41, 5.74) is 1.51. The molecule has 1 amide bonds. The highest BCUT2D eigenvalue weighted by Gasteiger charge is 2.29. The number of sulfonamides is 1. The predicted molar refractivity (Wildman–Crippen MR) is 106 cm³/mol. The summed E-state index contributed by atoms with van der Waals surface area (Å²) in [6.07, 6.45) is 1.08. The van der Waals surface area contributed by atoms with E-state index in [0.29, 0.717) is 17.3 Å². The Kier molecular flexibility index (Phi) is 6.67. The molecule has 0 radical (unpaired) electrons. The van der Waals surface area contributed by atoms with Gasteiger partial charge in [0.25, 0.3) is 0 Å². The Morgan fingerprint density at radius 1 is 1.08 bits per heavy atom. The zero-order valence-corrected chi connectivity index (χ0v) is 16.6. The summed E-state index contributed by atoms with van der Waals surface area (Å²) >= 11 is 5.87. The van der Waals surface area contributed by atoms with Crippen molar-refractivity contribution in [2.45, 2.75) is 25.8 Å². The van der Waals surface area contributed by atoms with Crippen LogP contribution in [-0.4, -0.2) is 33.2 Å². The zero-order chi connectivity index (χ0) is 19.3. The number of hydrogen-bond acceptors (Lipinski definition) is 3. The second kappa shape index (κ2) is 8.56. The van der Waals surface area contributed by atoms with Gasteiger partial charge in [0.1, 0.15) is 6.04 Å². The number of hydrogen-bond donors (Lipinski definition) is 1. The highest BCUT2D eigenvalue weighted by molar-refractivity contribution is 7.92. The van der Waals surface area contributed by atoms with Crippen molar-refractivity contribution in [3.05, 3.63) is 65.2 Å². The average Bonchev–Trinajstić information content (AvgIpc) is 2.60. The fourth-order valence-corrected chi connectivity index (χ4v) is 4.00. The number of nitrogens with one attached hydrogen (secondary N) is 1. The van der Waals surface area contributed by atoms with Crippen molar-refractivity contribution < 1.29 is 13.2 Å². The molecule has 7 heteroatoms. The van der Waals surface area contributed by atoms with Gasteiger partial charge in [0.2, 0.25) is 15.9 Å². The third-order valence-corrected chi connectivity index (χ3v) is 5.61. The van der Waals surface area contributed by atoms with E-state index in [1.54, 1.807) is 31.2 Å². The van der Waals surface area contributed by atoms with Gasteiger partial charge >= 0.3 is 0 Å². The molecule has 0 aliphatic rings. The summed E-state index contributed by atoms with van der Waals surface area (Å²) in [7, 11) is -3.64. The number of nitrogens with zero attached hydrogens (tertiary/aromatic N) is 1. The van der Waals surface area contributed by atoms with Crippen molar-refractivity contribution in [1.82, 2.24) is 5.32 Å². The summed E-state index contributed by atoms with van der Waals surface area (Å²) in [5, 5.41) is 3.34. The van der Waals surface area contributed by atoms with Crippen LogP contribution in [0.3, 0.4) is 0 Å². The van der Waals surface area contributed by atoms with E-state index in [4.69, 9.17) is 11.6 Å². The Morgan fingerprint density at radius 2 is 1.65 bits per heavy atom. The average molecular weight is 395 g/mol. The first-order valence-corrected chi connectivity index (χ1v) is 10.5. The predicted octanol–water partition coefficient (Wildman–Crippen LogP) is 3.41.